The molecule has 0 aromatic carbocycles. The fourth-order valence-electron chi connectivity index (χ4n) is 6.00. The van der Waals surface area contributed by atoms with E-state index in [2.05, 4.69) is 130 Å². The molecule has 0 spiro atoms. The lowest BCUT2D eigenvalue weighted by Gasteiger charge is -2.18. The molecule has 6 nitrogen and oxygen atoms in total. The number of carbonyl (C=O) groups is 3. The molecule has 0 saturated heterocycles. The van der Waals surface area contributed by atoms with E-state index in [1.807, 2.05) is 0 Å². The van der Waals surface area contributed by atoms with Gasteiger partial charge in [-0.1, -0.05) is 207 Å². The zero-order valence-electron chi connectivity index (χ0n) is 38.4. The van der Waals surface area contributed by atoms with Crippen LogP contribution in [0.1, 0.15) is 194 Å². The molecule has 0 aromatic heterocycles. The molecule has 0 N–H and O–H groups in total. The van der Waals surface area contributed by atoms with Crippen LogP contribution in [0.25, 0.3) is 0 Å². The van der Waals surface area contributed by atoms with E-state index in [0.29, 0.717) is 19.3 Å². The Labute approximate surface area is 368 Å². The highest BCUT2D eigenvalue weighted by Crippen LogP contribution is 2.13. The Balaban J connectivity index is 4.52. The van der Waals surface area contributed by atoms with Crippen LogP contribution in [0.3, 0.4) is 0 Å². The topological polar surface area (TPSA) is 78.9 Å². The first-order chi connectivity index (χ1) is 29.5. The number of hydrogen-bond donors (Lipinski definition) is 0. The van der Waals surface area contributed by atoms with Crippen LogP contribution >= 0.6 is 0 Å². The summed E-state index contributed by atoms with van der Waals surface area (Å²) in [5.41, 5.74) is 0. The van der Waals surface area contributed by atoms with Gasteiger partial charge >= 0.3 is 17.9 Å². The lowest BCUT2D eigenvalue weighted by atomic mass is 10.1. The molecule has 0 aromatic rings. The van der Waals surface area contributed by atoms with Gasteiger partial charge in [-0.3, -0.25) is 14.4 Å². The highest BCUT2D eigenvalue weighted by molar-refractivity contribution is 5.71. The summed E-state index contributed by atoms with van der Waals surface area (Å²) in [4.78, 5) is 37.9. The molecule has 0 radical (unpaired) electrons. The molecule has 0 amide bonds. The quantitative estimate of drug-likeness (QED) is 0.0264. The minimum Gasteiger partial charge on any atom is -0.462 e. The summed E-state index contributed by atoms with van der Waals surface area (Å²) in [7, 11) is 0. The molecular formula is C54H86O6. The molecule has 0 aliphatic rings. The second-order valence-corrected chi connectivity index (χ2v) is 15.5. The highest BCUT2D eigenvalue weighted by atomic mass is 16.6. The lowest BCUT2D eigenvalue weighted by Crippen LogP contribution is -2.30. The van der Waals surface area contributed by atoms with Crippen LogP contribution in [0.15, 0.2) is 109 Å². The van der Waals surface area contributed by atoms with E-state index in [1.165, 1.54) is 19.3 Å². The monoisotopic (exact) mass is 831 g/mol. The third-order valence-corrected chi connectivity index (χ3v) is 9.60. The van der Waals surface area contributed by atoms with Gasteiger partial charge in [-0.25, -0.2) is 0 Å². The molecule has 0 saturated carbocycles. The molecule has 0 bridgehead atoms. The van der Waals surface area contributed by atoms with E-state index >= 15 is 0 Å². The summed E-state index contributed by atoms with van der Waals surface area (Å²) in [5, 5.41) is 0. The number of ether oxygens (including phenoxy) is 3. The first-order valence-electron chi connectivity index (χ1n) is 24.0. The third kappa shape index (κ3) is 45.2. The van der Waals surface area contributed by atoms with Crippen LogP contribution in [0, 0.1) is 0 Å². The van der Waals surface area contributed by atoms with Crippen molar-refractivity contribution in [3.8, 4) is 0 Å². The zero-order valence-corrected chi connectivity index (χ0v) is 38.4. The van der Waals surface area contributed by atoms with Crippen molar-refractivity contribution in [2.45, 2.75) is 200 Å². The number of carbonyl (C=O) groups excluding carboxylic acids is 3. The fourth-order valence-corrected chi connectivity index (χ4v) is 6.00. The molecule has 0 atom stereocenters. The maximum Gasteiger partial charge on any atom is 0.306 e. The van der Waals surface area contributed by atoms with Crippen molar-refractivity contribution in [3.63, 3.8) is 0 Å². The number of esters is 3. The van der Waals surface area contributed by atoms with Crippen molar-refractivity contribution >= 4 is 17.9 Å². The molecular weight excluding hydrogens is 745 g/mol. The average molecular weight is 831 g/mol. The zero-order chi connectivity index (χ0) is 43.7. The number of unbranched alkanes of at least 4 members (excludes halogenated alkanes) is 18. The third-order valence-electron chi connectivity index (χ3n) is 9.60. The smallest absolute Gasteiger partial charge is 0.306 e. The van der Waals surface area contributed by atoms with Crippen LogP contribution in [0.4, 0.5) is 0 Å². The van der Waals surface area contributed by atoms with Crippen molar-refractivity contribution in [3.05, 3.63) is 109 Å². The summed E-state index contributed by atoms with van der Waals surface area (Å²) in [6.07, 6.45) is 63.4. The average Bonchev–Trinajstić information content (AvgIpc) is 3.24. The Hall–Kier alpha value is -3.93. The molecule has 0 rings (SSSR count). The standard InChI is InChI=1S/C54H86O6/c1-4-7-10-13-16-19-22-25-28-31-34-37-40-43-46-52(55)58-49-51(60-54(57)48-45-42-39-36-33-30-27-24-21-18-15-12-9-6-3)50-59-53(56)47-44-41-38-35-32-29-26-23-20-17-14-11-8-5-2/h10-27,51H,4-9,28-50H2,1-3H3. The Bertz CT molecular complexity index is 1210. The van der Waals surface area contributed by atoms with Gasteiger partial charge in [0.25, 0.3) is 0 Å². The molecule has 0 aliphatic carbocycles. The van der Waals surface area contributed by atoms with Gasteiger partial charge in [-0.05, 0) is 77.0 Å². The molecule has 0 aliphatic heterocycles. The Morgan fingerprint density at radius 2 is 0.600 bits per heavy atom. The SMILES string of the molecule is CCCC=CC=CC=CCCCCCCCC(=O)OCC(COC(=O)CCCCCCCC=CC=CC=CCCC)OC(=O)CCCCCCCC=CC=CC=CCCC. The minimum absolute atomic E-state index is 0.107. The van der Waals surface area contributed by atoms with Gasteiger partial charge < -0.3 is 14.2 Å². The van der Waals surface area contributed by atoms with E-state index < -0.39 is 6.10 Å². The largest absolute Gasteiger partial charge is 0.462 e. The van der Waals surface area contributed by atoms with E-state index in [4.69, 9.17) is 14.2 Å². The molecule has 338 valence electrons. The Morgan fingerprint density at radius 1 is 0.333 bits per heavy atom. The normalized spacial score (nSPS) is 13.1. The second kappa shape index (κ2) is 47.7. The van der Waals surface area contributed by atoms with Crippen molar-refractivity contribution in [2.75, 3.05) is 13.2 Å². The molecule has 0 heterocycles. The summed E-state index contributed by atoms with van der Waals surface area (Å²) in [6.45, 7) is 6.32. The van der Waals surface area contributed by atoms with E-state index in [1.54, 1.807) is 0 Å². The number of rotatable bonds is 41. The Morgan fingerprint density at radius 3 is 0.917 bits per heavy atom. The number of allylic oxidation sites excluding steroid dienone is 18. The highest BCUT2D eigenvalue weighted by Gasteiger charge is 2.19. The van der Waals surface area contributed by atoms with Crippen LogP contribution in [-0.2, 0) is 28.6 Å². The first kappa shape index (κ1) is 56.1. The van der Waals surface area contributed by atoms with Gasteiger partial charge in [0.05, 0.1) is 0 Å². The second-order valence-electron chi connectivity index (χ2n) is 15.5. The van der Waals surface area contributed by atoms with Crippen LogP contribution in [-0.4, -0.2) is 37.2 Å². The van der Waals surface area contributed by atoms with E-state index in [0.717, 1.165) is 135 Å². The lowest BCUT2D eigenvalue weighted by molar-refractivity contribution is -0.167. The van der Waals surface area contributed by atoms with Gasteiger partial charge in [-0.2, -0.15) is 0 Å². The van der Waals surface area contributed by atoms with Crippen molar-refractivity contribution in [1.82, 2.24) is 0 Å². The molecule has 60 heavy (non-hydrogen) atoms. The van der Waals surface area contributed by atoms with Crippen LogP contribution in [0.5, 0.6) is 0 Å². The summed E-state index contributed by atoms with van der Waals surface area (Å²) < 4.78 is 16.7. The summed E-state index contributed by atoms with van der Waals surface area (Å²) >= 11 is 0. The predicted octanol–water partition coefficient (Wildman–Crippen LogP) is 15.6. The molecule has 0 fully saturated rings. The molecule has 6 heteroatoms. The Kier molecular flexibility index (Phi) is 44.6. The predicted molar refractivity (Wildman–Crippen MR) is 256 cm³/mol. The fraction of sp³-hybridized carbons (Fsp3) is 0.611. The van der Waals surface area contributed by atoms with Gasteiger partial charge in [0.2, 0.25) is 0 Å². The van der Waals surface area contributed by atoms with Crippen molar-refractivity contribution < 1.29 is 28.6 Å². The maximum absolute atomic E-state index is 12.8. The minimum atomic E-state index is -0.807. The van der Waals surface area contributed by atoms with Crippen molar-refractivity contribution in [2.24, 2.45) is 0 Å². The number of hydrogen-bond acceptors (Lipinski definition) is 6. The van der Waals surface area contributed by atoms with Crippen LogP contribution < -0.4 is 0 Å². The van der Waals surface area contributed by atoms with Gasteiger partial charge in [-0.15, -0.1) is 0 Å². The van der Waals surface area contributed by atoms with Gasteiger partial charge in [0.1, 0.15) is 13.2 Å². The van der Waals surface area contributed by atoms with Gasteiger partial charge in [0.15, 0.2) is 6.10 Å². The first-order valence-corrected chi connectivity index (χ1v) is 24.0. The summed E-state index contributed by atoms with van der Waals surface area (Å²) in [6, 6.07) is 0. The molecule has 0 unspecified atom stereocenters. The van der Waals surface area contributed by atoms with Crippen molar-refractivity contribution in [1.29, 1.82) is 0 Å². The van der Waals surface area contributed by atoms with Crippen LogP contribution in [0.2, 0.25) is 0 Å². The van der Waals surface area contributed by atoms with E-state index in [-0.39, 0.29) is 31.1 Å². The van der Waals surface area contributed by atoms with E-state index in [9.17, 15) is 14.4 Å². The summed E-state index contributed by atoms with van der Waals surface area (Å²) in [5.74, 6) is -0.975. The van der Waals surface area contributed by atoms with Gasteiger partial charge in [0, 0.05) is 19.3 Å². The maximum atomic E-state index is 12.8.